The van der Waals surface area contributed by atoms with Gasteiger partial charge >= 0.3 is 0 Å². The Bertz CT molecular complexity index is 2260. The second-order valence-electron chi connectivity index (χ2n) is 23.5. The first-order valence-corrected chi connectivity index (χ1v) is 27.5. The lowest BCUT2D eigenvalue weighted by atomic mass is 9.33. The van der Waals surface area contributed by atoms with Crippen molar-refractivity contribution >= 4 is 39.0 Å². The minimum absolute atomic E-state index is 0.0205. The van der Waals surface area contributed by atoms with Crippen molar-refractivity contribution in [3.05, 3.63) is 47.6 Å². The molecule has 0 unspecified atom stereocenters. The molecule has 0 radical (unpaired) electrons. The molecule has 7 fully saturated rings. The van der Waals surface area contributed by atoms with E-state index in [1.165, 1.54) is 21.6 Å². The molecule has 1 aromatic rings. The molecule has 8 N–H and O–H groups in total. The topological polar surface area (TPSA) is 212 Å². The van der Waals surface area contributed by atoms with E-state index in [2.05, 4.69) is 32.9 Å². The Hall–Kier alpha value is -1.98. The Morgan fingerprint density at radius 3 is 2.45 bits per heavy atom. The molecular weight excluding hydrogens is 879 g/mol. The zero-order valence-corrected chi connectivity index (χ0v) is 40.5. The molecule has 4 spiro atoms. The number of ether oxygens (including phenoxy) is 1. The number of carbonyl (C=O) groups excluding carboxylic acids is 2. The van der Waals surface area contributed by atoms with Crippen molar-refractivity contribution in [3.63, 3.8) is 0 Å². The summed E-state index contributed by atoms with van der Waals surface area (Å²) in [5.41, 5.74) is -10.2. The number of benzene rings is 1. The number of allylic oxidation sites excluding steroid dienone is 2. The molecule has 18 atom stereocenters. The first kappa shape index (κ1) is 46.4. The summed E-state index contributed by atoms with van der Waals surface area (Å²) < 4.78 is 6.51. The number of aromatic hydroxyl groups is 1. The van der Waals surface area contributed by atoms with Crippen molar-refractivity contribution in [2.24, 2.45) is 68.5 Å². The zero-order valence-electron chi connectivity index (χ0n) is 38.9. The molecule has 66 heavy (non-hydrogen) atoms. The van der Waals surface area contributed by atoms with E-state index in [4.69, 9.17) is 4.74 Å². The van der Waals surface area contributed by atoms with Gasteiger partial charge in [-0.05, 0) is 147 Å². The predicted molar refractivity (Wildman–Crippen MR) is 251 cm³/mol. The zero-order chi connectivity index (χ0) is 46.8. The van der Waals surface area contributed by atoms with Crippen molar-refractivity contribution < 1.29 is 55.2 Å². The van der Waals surface area contributed by atoms with Gasteiger partial charge in [0.2, 0.25) is 5.91 Å². The number of carbonyl (C=O) groups is 2. The van der Waals surface area contributed by atoms with Gasteiger partial charge in [-0.15, -0.1) is 0 Å². The quantitative estimate of drug-likeness (QED) is 0.105. The van der Waals surface area contributed by atoms with Gasteiger partial charge in [-0.3, -0.25) is 9.59 Å². The molecule has 1 amide bonds. The third-order valence-corrected chi connectivity index (χ3v) is 24.3. The van der Waals surface area contributed by atoms with Gasteiger partial charge in [0.25, 0.3) is 0 Å². The van der Waals surface area contributed by atoms with Crippen molar-refractivity contribution in [2.45, 2.75) is 152 Å². The third-order valence-electron chi connectivity index (χ3n) is 21.7. The van der Waals surface area contributed by atoms with Crippen LogP contribution in [0.4, 0.5) is 5.69 Å². The number of amides is 1. The summed E-state index contributed by atoms with van der Waals surface area (Å²) in [7, 11) is 2.58. The molecule has 5 aliphatic heterocycles. The number of anilines is 1. The Balaban J connectivity index is 1.13. The van der Waals surface area contributed by atoms with E-state index < -0.39 is 85.7 Å². The molecule has 12 nitrogen and oxygen atoms in total. The maximum atomic E-state index is 15.8. The van der Waals surface area contributed by atoms with Crippen LogP contribution in [0.5, 0.6) is 5.75 Å². The van der Waals surface area contributed by atoms with Crippen molar-refractivity contribution in [2.75, 3.05) is 30.4 Å². The number of aliphatic hydroxyl groups is 7. The lowest BCUT2D eigenvalue weighted by Crippen LogP contribution is -2.76. The number of nitrogens with zero attached hydrogens (tertiary/aromatic N) is 1. The number of aryl methyl sites for hydroxylation is 1. The van der Waals surface area contributed by atoms with Crippen LogP contribution >= 0.6 is 21.6 Å². The third kappa shape index (κ3) is 5.49. The highest BCUT2D eigenvalue weighted by molar-refractivity contribution is 8.76. The summed E-state index contributed by atoms with van der Waals surface area (Å²) in [5, 5.41) is 98.7. The van der Waals surface area contributed by atoms with Crippen molar-refractivity contribution in [1.82, 2.24) is 0 Å². The fourth-order valence-corrected chi connectivity index (χ4v) is 21.2. The Kier molecular flexibility index (Phi) is 10.7. The monoisotopic (exact) mass is 949 g/mol. The van der Waals surface area contributed by atoms with Crippen LogP contribution in [0, 0.1) is 68.5 Å². The Morgan fingerprint density at radius 2 is 1.71 bits per heavy atom. The van der Waals surface area contributed by atoms with E-state index in [0.717, 1.165) is 18.4 Å². The summed E-state index contributed by atoms with van der Waals surface area (Å²) in [4.78, 5) is 32.7. The van der Waals surface area contributed by atoms with E-state index in [1.807, 2.05) is 13.0 Å². The number of fused-ring (bicyclic) bond motifs is 1. The van der Waals surface area contributed by atoms with Crippen LogP contribution in [-0.2, 0) is 20.7 Å². The summed E-state index contributed by atoms with van der Waals surface area (Å²) in [5.74, 6) is -1.58. The Labute approximate surface area is 396 Å². The Morgan fingerprint density at radius 1 is 0.939 bits per heavy atom. The van der Waals surface area contributed by atoms with Crippen LogP contribution < -0.4 is 4.90 Å². The molecule has 5 heterocycles. The number of rotatable bonds is 5. The van der Waals surface area contributed by atoms with Gasteiger partial charge in [-0.1, -0.05) is 67.9 Å². The molecule has 5 saturated carbocycles. The SMILES string of the molecule is CC(C)[C@@H](C)[C@@H]1O[C@H]1[C@@]1(O)CC=C[C@@H]2C[C@@]34CC[C@@H]5[C@@](O)(CO)[C@H](O)C[C@@]6(C(=O)C=C3[C@]3(O)CC[C@H]1[C@@]23CCc1cc(O)cc(c1)N1CC[C@@]2(C1=O)[C@H](CO)CCC[C@@H]2CSS[C@@H]6O)[C@]54C. The first-order valence-electron chi connectivity index (χ1n) is 25.1. The number of epoxide rings is 1. The van der Waals surface area contributed by atoms with Gasteiger partial charge < -0.3 is 50.5 Å². The summed E-state index contributed by atoms with van der Waals surface area (Å²) >= 11 is 0. The minimum Gasteiger partial charge on any atom is -0.508 e. The second kappa shape index (κ2) is 15.3. The van der Waals surface area contributed by atoms with E-state index in [1.54, 1.807) is 23.1 Å². The molecule has 8 bridgehead atoms. The lowest BCUT2D eigenvalue weighted by molar-refractivity contribution is -0.269. The van der Waals surface area contributed by atoms with Crippen LogP contribution in [0.15, 0.2) is 42.0 Å². The van der Waals surface area contributed by atoms with Gasteiger partial charge in [0, 0.05) is 47.4 Å². The summed E-state index contributed by atoms with van der Waals surface area (Å²) in [6.07, 6.45) is 9.27. The molecule has 1 aromatic carbocycles. The van der Waals surface area contributed by atoms with E-state index >= 15 is 9.59 Å². The van der Waals surface area contributed by atoms with Crippen molar-refractivity contribution in [3.8, 4) is 5.75 Å². The summed E-state index contributed by atoms with van der Waals surface area (Å²) in [6.45, 7) is 8.00. The molecule has 12 aliphatic rings. The van der Waals surface area contributed by atoms with Gasteiger partial charge in [-0.2, -0.15) is 0 Å². The van der Waals surface area contributed by atoms with Crippen LogP contribution in [0.25, 0.3) is 0 Å². The number of hydrogen-bond donors (Lipinski definition) is 8. The summed E-state index contributed by atoms with van der Waals surface area (Å²) in [6, 6.07) is 5.35. The molecule has 2 saturated heterocycles. The average molecular weight is 950 g/mol. The fraction of sp³-hybridized carbons (Fsp3) is 0.769. The predicted octanol–water partition coefficient (Wildman–Crippen LogP) is 5.45. The van der Waals surface area contributed by atoms with Crippen LogP contribution in [0.2, 0.25) is 0 Å². The largest absolute Gasteiger partial charge is 0.508 e. The van der Waals surface area contributed by atoms with Gasteiger partial charge in [0.1, 0.15) is 28.5 Å². The highest BCUT2D eigenvalue weighted by Gasteiger charge is 2.85. The van der Waals surface area contributed by atoms with E-state index in [0.29, 0.717) is 87.3 Å². The molecule has 7 aliphatic carbocycles. The van der Waals surface area contributed by atoms with Crippen LogP contribution in [-0.4, -0.2) is 119 Å². The highest BCUT2D eigenvalue weighted by atomic mass is 33.1. The number of aliphatic hydroxyl groups excluding tert-OH is 4. The minimum atomic E-state index is -1.98. The van der Waals surface area contributed by atoms with Crippen LogP contribution in [0.3, 0.4) is 0 Å². The number of hydrogen-bond acceptors (Lipinski definition) is 13. The second-order valence-corrected chi connectivity index (χ2v) is 26.0. The normalized spacial score (nSPS) is 50.8. The van der Waals surface area contributed by atoms with Crippen LogP contribution in [0.1, 0.15) is 110 Å². The number of ketones is 1. The first-order chi connectivity index (χ1) is 31.3. The molecule has 362 valence electrons. The lowest BCUT2D eigenvalue weighted by Gasteiger charge is -2.72. The highest BCUT2D eigenvalue weighted by Crippen LogP contribution is 2.84. The maximum absolute atomic E-state index is 15.8. The molecular formula is C52H71NO11S2. The van der Waals surface area contributed by atoms with Gasteiger partial charge in [-0.25, -0.2) is 0 Å². The number of phenolic OH excluding ortho intramolecular Hbond substituents is 1. The number of phenols is 1. The standard InChI is InChI=1S/C52H71NO11S2/c1-28(2)29(3)41-42(64-41)50(61)13-6-9-31-23-46-14-11-36-45(46,4)49(24-40(58)51(36,62)27-55)39(57)22-38(46)52(63)16-12-37(50)48(31,52)15-10-30-19-34(21-35(56)20-30)53-18-17-47(43(53)59)32(25-54)7-5-8-33(47)26-65-66-44(49)60/h6,9,19-22,28-29,31-33,36-37,40-42,44,54-56,58,60-63H,5,7-8,10-18,23-27H2,1-4H3/t29-,31-,32+,33-,36+,37+,40-,41+,42-,44+,45-,46+,47-,48-,49+,50-,51+,52-/m1/s1. The smallest absolute Gasteiger partial charge is 0.233 e. The van der Waals surface area contributed by atoms with Gasteiger partial charge in [0.15, 0.2) is 5.78 Å². The molecule has 14 heteroatoms. The molecule has 0 aromatic heterocycles. The van der Waals surface area contributed by atoms with Gasteiger partial charge in [0.05, 0.1) is 35.2 Å². The molecule has 13 rings (SSSR count). The van der Waals surface area contributed by atoms with E-state index in [9.17, 15) is 40.9 Å². The fourth-order valence-electron chi connectivity index (χ4n) is 18.1. The average Bonchev–Trinajstić information content (AvgIpc) is 3.86. The van der Waals surface area contributed by atoms with Crippen molar-refractivity contribution in [1.29, 1.82) is 0 Å². The maximum Gasteiger partial charge on any atom is 0.233 e. The van der Waals surface area contributed by atoms with E-state index in [-0.39, 0.29) is 60.9 Å².